The van der Waals surface area contributed by atoms with E-state index in [1.165, 1.54) is 13.8 Å². The average Bonchev–Trinajstić information content (AvgIpc) is 2.27. The number of carbonyl (C=O) groups is 1. The van der Waals surface area contributed by atoms with Crippen molar-refractivity contribution in [3.8, 4) is 5.75 Å². The van der Waals surface area contributed by atoms with Crippen LogP contribution in [0.2, 0.25) is 0 Å². The summed E-state index contributed by atoms with van der Waals surface area (Å²) in [5, 5.41) is 10.1. The highest BCUT2D eigenvalue weighted by atomic mass is 32.2. The number of hydrogen-bond donors (Lipinski definition) is 0. The molecule has 1 aromatic carbocycles. The van der Waals surface area contributed by atoms with Gasteiger partial charge in [-0.25, -0.2) is 0 Å². The number of halogens is 2. The molecule has 0 aliphatic rings. The lowest BCUT2D eigenvalue weighted by molar-refractivity contribution is -0.350. The van der Waals surface area contributed by atoms with Crippen LogP contribution in [0.5, 0.6) is 5.75 Å². The first-order valence-electron chi connectivity index (χ1n) is 5.36. The van der Waals surface area contributed by atoms with Gasteiger partial charge in [0.2, 0.25) is 0 Å². The maximum Gasteiger partial charge on any atom is 0.441 e. The molecule has 0 saturated carbocycles. The zero-order valence-corrected chi connectivity index (χ0v) is 11.3. The number of alkyl halides is 2. The molecule has 0 aliphatic heterocycles. The van der Waals surface area contributed by atoms with Crippen molar-refractivity contribution in [3.63, 3.8) is 0 Å². The molecule has 0 radical (unpaired) electrons. The van der Waals surface area contributed by atoms with Crippen LogP contribution >= 0.6 is 0 Å². The number of ether oxygens (including phenoxy) is 1. The average molecular weight is 309 g/mol. The van der Waals surface area contributed by atoms with Crippen LogP contribution in [0.4, 0.5) is 8.78 Å². The number of hydrogen-bond acceptors (Lipinski definition) is 6. The molecule has 112 valence electrons. The lowest BCUT2D eigenvalue weighted by atomic mass is 10.3. The van der Waals surface area contributed by atoms with E-state index >= 15 is 0 Å². The van der Waals surface area contributed by atoms with Crippen LogP contribution in [-0.4, -0.2) is 26.6 Å². The first kappa shape index (κ1) is 16.3. The number of rotatable bonds is 6. The summed E-state index contributed by atoms with van der Waals surface area (Å²) in [6.07, 6.45) is -5.09. The Morgan fingerprint density at radius 3 is 2.15 bits per heavy atom. The van der Waals surface area contributed by atoms with Gasteiger partial charge < -0.3 is 14.6 Å². The van der Waals surface area contributed by atoms with Crippen molar-refractivity contribution in [2.24, 2.45) is 0 Å². The molecule has 0 heterocycles. The molecular formula is C11H11F2O6S-. The molecule has 0 amide bonds. The predicted molar refractivity (Wildman–Crippen MR) is 60.4 cm³/mol. The Bertz CT molecular complexity index is 579. The van der Waals surface area contributed by atoms with Crippen molar-refractivity contribution in [2.75, 3.05) is 0 Å². The van der Waals surface area contributed by atoms with E-state index < -0.39 is 34.0 Å². The van der Waals surface area contributed by atoms with E-state index in [1.54, 1.807) is 0 Å². The van der Waals surface area contributed by atoms with Crippen LogP contribution in [0.25, 0.3) is 0 Å². The zero-order valence-electron chi connectivity index (χ0n) is 10.5. The summed E-state index contributed by atoms with van der Waals surface area (Å²) in [5.41, 5.74) is 0. The number of carboxylic acids is 1. The highest BCUT2D eigenvalue weighted by molar-refractivity contribution is 7.86. The van der Waals surface area contributed by atoms with E-state index in [-0.39, 0.29) is 4.90 Å². The van der Waals surface area contributed by atoms with Crippen LogP contribution in [0.3, 0.4) is 0 Å². The van der Waals surface area contributed by atoms with Gasteiger partial charge in [0.05, 0.1) is 11.0 Å². The Balaban J connectivity index is 2.93. The second-order valence-corrected chi connectivity index (χ2v) is 5.55. The molecule has 6 nitrogen and oxygen atoms in total. The lowest BCUT2D eigenvalue weighted by Gasteiger charge is -2.18. The number of aliphatic carboxylic acids is 1. The Morgan fingerprint density at radius 2 is 1.75 bits per heavy atom. The van der Waals surface area contributed by atoms with Crippen LogP contribution < -0.4 is 9.84 Å². The summed E-state index contributed by atoms with van der Waals surface area (Å²) in [6.45, 7) is 3.02. The molecule has 0 bridgehead atoms. The molecule has 0 unspecified atom stereocenters. The van der Waals surface area contributed by atoms with Gasteiger partial charge >= 0.3 is 6.11 Å². The van der Waals surface area contributed by atoms with E-state index in [1.807, 2.05) is 0 Å². The van der Waals surface area contributed by atoms with Gasteiger partial charge in [-0.15, -0.1) is 0 Å². The molecule has 0 aliphatic carbocycles. The van der Waals surface area contributed by atoms with Crippen LogP contribution in [0.15, 0.2) is 29.2 Å². The fourth-order valence-corrected chi connectivity index (χ4v) is 2.26. The van der Waals surface area contributed by atoms with Gasteiger partial charge in [0.1, 0.15) is 5.75 Å². The molecule has 0 spiro atoms. The van der Waals surface area contributed by atoms with Crippen molar-refractivity contribution in [1.29, 1.82) is 0 Å². The highest BCUT2D eigenvalue weighted by Crippen LogP contribution is 2.23. The standard InChI is InChI=1S/C11H12F2O6S/c1-7(2)19-20(16,17)9-5-3-8(4-6-9)18-11(12,13)10(14)15/h3-7H,1-2H3,(H,14,15)/p-1. The minimum Gasteiger partial charge on any atom is -0.541 e. The first-order valence-corrected chi connectivity index (χ1v) is 6.77. The Hall–Kier alpha value is -1.74. The van der Waals surface area contributed by atoms with Crippen molar-refractivity contribution >= 4 is 16.1 Å². The second-order valence-electron chi connectivity index (χ2n) is 3.98. The maximum absolute atomic E-state index is 12.7. The first-order chi connectivity index (χ1) is 9.04. The smallest absolute Gasteiger partial charge is 0.441 e. The van der Waals surface area contributed by atoms with Crippen molar-refractivity contribution in [2.45, 2.75) is 31.0 Å². The zero-order chi connectivity index (χ0) is 15.6. The SMILES string of the molecule is CC(C)OS(=O)(=O)c1ccc(OC(F)(F)C(=O)[O-])cc1. The van der Waals surface area contributed by atoms with Gasteiger partial charge in [-0.2, -0.15) is 17.2 Å². The monoisotopic (exact) mass is 309 g/mol. The van der Waals surface area contributed by atoms with Crippen molar-refractivity contribution in [1.82, 2.24) is 0 Å². The minimum atomic E-state index is -4.51. The summed E-state index contributed by atoms with van der Waals surface area (Å²) in [7, 11) is -4.01. The van der Waals surface area contributed by atoms with Crippen LogP contribution in [-0.2, 0) is 19.1 Å². The van der Waals surface area contributed by atoms with Crippen LogP contribution in [0.1, 0.15) is 13.8 Å². The predicted octanol–water partition coefficient (Wildman–Crippen LogP) is 0.522. The molecule has 9 heteroatoms. The molecule has 1 rings (SSSR count). The summed E-state index contributed by atoms with van der Waals surface area (Å²) in [5.74, 6) is -3.22. The molecular weight excluding hydrogens is 298 g/mol. The summed E-state index contributed by atoms with van der Waals surface area (Å²) in [6, 6.07) is 3.68. The van der Waals surface area contributed by atoms with Gasteiger partial charge in [0, 0.05) is 0 Å². The maximum atomic E-state index is 12.7. The van der Waals surface area contributed by atoms with E-state index in [4.69, 9.17) is 0 Å². The lowest BCUT2D eigenvalue weighted by Crippen LogP contribution is -2.45. The largest absolute Gasteiger partial charge is 0.541 e. The van der Waals surface area contributed by atoms with Gasteiger partial charge in [0.15, 0.2) is 5.97 Å². The van der Waals surface area contributed by atoms with Gasteiger partial charge in [-0.1, -0.05) is 0 Å². The third-order valence-electron chi connectivity index (χ3n) is 1.92. The Morgan fingerprint density at radius 1 is 1.25 bits per heavy atom. The normalized spacial score (nSPS) is 12.4. The number of carboxylic acid groups (broad SMARTS) is 1. The van der Waals surface area contributed by atoms with E-state index in [9.17, 15) is 27.1 Å². The van der Waals surface area contributed by atoms with E-state index in [0.29, 0.717) is 0 Å². The minimum absolute atomic E-state index is 0.268. The third kappa shape index (κ3) is 4.14. The van der Waals surface area contributed by atoms with E-state index in [0.717, 1.165) is 24.3 Å². The van der Waals surface area contributed by atoms with Crippen molar-refractivity contribution in [3.05, 3.63) is 24.3 Å². The van der Waals surface area contributed by atoms with E-state index in [2.05, 4.69) is 8.92 Å². The van der Waals surface area contributed by atoms with Crippen molar-refractivity contribution < 1.29 is 36.0 Å². The topological polar surface area (TPSA) is 92.7 Å². The quantitative estimate of drug-likeness (QED) is 0.711. The second kappa shape index (κ2) is 5.71. The molecule has 1 aromatic rings. The molecule has 0 fully saturated rings. The van der Waals surface area contributed by atoms with Gasteiger partial charge in [-0.3, -0.25) is 4.18 Å². The number of carbonyl (C=O) groups excluding carboxylic acids is 1. The Labute approximate surface area is 114 Å². The Kier molecular flexibility index (Phi) is 4.66. The third-order valence-corrected chi connectivity index (χ3v) is 3.40. The fraction of sp³-hybridized carbons (Fsp3) is 0.364. The molecule has 0 saturated heterocycles. The highest BCUT2D eigenvalue weighted by Gasteiger charge is 2.34. The summed E-state index contributed by atoms with van der Waals surface area (Å²) in [4.78, 5) is 9.80. The summed E-state index contributed by atoms with van der Waals surface area (Å²) >= 11 is 0. The van der Waals surface area contributed by atoms with Crippen LogP contribution in [0, 0.1) is 0 Å². The molecule has 0 aromatic heterocycles. The molecule has 20 heavy (non-hydrogen) atoms. The number of benzene rings is 1. The van der Waals surface area contributed by atoms with Gasteiger partial charge in [0.25, 0.3) is 10.1 Å². The fourth-order valence-electron chi connectivity index (χ4n) is 1.17. The van der Waals surface area contributed by atoms with Gasteiger partial charge in [-0.05, 0) is 38.1 Å². The molecule has 0 N–H and O–H groups in total. The molecule has 0 atom stereocenters. The summed E-state index contributed by atoms with van der Waals surface area (Å²) < 4.78 is 57.2.